The molecular formula is C16H16O4. The van der Waals surface area contributed by atoms with Crippen molar-refractivity contribution in [1.82, 2.24) is 0 Å². The Hall–Kier alpha value is -2.49. The first-order chi connectivity index (χ1) is 9.78. The summed E-state index contributed by atoms with van der Waals surface area (Å²) in [5.41, 5.74) is 1.76. The van der Waals surface area contributed by atoms with Crippen LogP contribution in [0.4, 0.5) is 0 Å². The van der Waals surface area contributed by atoms with Crippen LogP contribution in [0.1, 0.15) is 17.2 Å². The molecule has 2 rings (SSSR count). The molecule has 0 aliphatic rings. The molecule has 0 bridgehead atoms. The van der Waals surface area contributed by atoms with Gasteiger partial charge in [0.05, 0.1) is 14.2 Å². The highest BCUT2D eigenvalue weighted by Gasteiger charge is 2.15. The van der Waals surface area contributed by atoms with Crippen molar-refractivity contribution in [2.45, 2.75) is 6.10 Å². The van der Waals surface area contributed by atoms with Gasteiger partial charge in [-0.3, -0.25) is 4.79 Å². The zero-order valence-corrected chi connectivity index (χ0v) is 11.4. The summed E-state index contributed by atoms with van der Waals surface area (Å²) in [6.45, 7) is 0.457. The van der Waals surface area contributed by atoms with Gasteiger partial charge in [-0.15, -0.1) is 0 Å². The Morgan fingerprint density at radius 1 is 0.800 bits per heavy atom. The molecule has 0 aliphatic heterocycles. The van der Waals surface area contributed by atoms with Crippen LogP contribution < -0.4 is 9.47 Å². The first-order valence-corrected chi connectivity index (χ1v) is 6.15. The van der Waals surface area contributed by atoms with Gasteiger partial charge in [0.25, 0.3) is 6.47 Å². The van der Waals surface area contributed by atoms with Gasteiger partial charge in [0, 0.05) is 0 Å². The van der Waals surface area contributed by atoms with Crippen molar-refractivity contribution in [1.29, 1.82) is 0 Å². The SMILES string of the molecule is COc1ccc(C(OC=O)c2ccc(OC)cc2)cc1. The van der Waals surface area contributed by atoms with Gasteiger partial charge < -0.3 is 14.2 Å². The van der Waals surface area contributed by atoms with E-state index < -0.39 is 6.10 Å². The fourth-order valence-corrected chi connectivity index (χ4v) is 1.96. The lowest BCUT2D eigenvalue weighted by Gasteiger charge is -2.16. The zero-order valence-electron chi connectivity index (χ0n) is 11.4. The molecule has 104 valence electrons. The van der Waals surface area contributed by atoms with Crippen LogP contribution in [-0.4, -0.2) is 20.7 Å². The number of ether oxygens (including phenoxy) is 3. The summed E-state index contributed by atoms with van der Waals surface area (Å²) in [7, 11) is 3.22. The first kappa shape index (κ1) is 13.9. The molecule has 0 N–H and O–H groups in total. The summed E-state index contributed by atoms with van der Waals surface area (Å²) in [6, 6.07) is 14.8. The van der Waals surface area contributed by atoms with E-state index >= 15 is 0 Å². The fraction of sp³-hybridized carbons (Fsp3) is 0.188. The third-order valence-electron chi connectivity index (χ3n) is 3.03. The van der Waals surface area contributed by atoms with Gasteiger partial charge in [-0.1, -0.05) is 24.3 Å². The monoisotopic (exact) mass is 272 g/mol. The molecule has 0 saturated heterocycles. The van der Waals surface area contributed by atoms with Crippen molar-refractivity contribution >= 4 is 6.47 Å². The first-order valence-electron chi connectivity index (χ1n) is 6.15. The molecule has 4 nitrogen and oxygen atoms in total. The fourth-order valence-electron chi connectivity index (χ4n) is 1.96. The molecule has 0 spiro atoms. The van der Waals surface area contributed by atoms with Crippen LogP contribution >= 0.6 is 0 Å². The molecule has 0 aliphatic carbocycles. The summed E-state index contributed by atoms with van der Waals surface area (Å²) in [5.74, 6) is 1.52. The number of methoxy groups -OCH3 is 2. The van der Waals surface area contributed by atoms with Crippen molar-refractivity contribution in [3.63, 3.8) is 0 Å². The van der Waals surface area contributed by atoms with Gasteiger partial charge in [-0.05, 0) is 35.4 Å². The molecule has 0 amide bonds. The maximum atomic E-state index is 10.7. The van der Waals surface area contributed by atoms with E-state index in [0.29, 0.717) is 6.47 Å². The van der Waals surface area contributed by atoms with E-state index in [9.17, 15) is 4.79 Å². The minimum atomic E-state index is -0.440. The van der Waals surface area contributed by atoms with Crippen molar-refractivity contribution in [2.24, 2.45) is 0 Å². The molecule has 0 atom stereocenters. The highest BCUT2D eigenvalue weighted by Crippen LogP contribution is 2.28. The molecule has 20 heavy (non-hydrogen) atoms. The molecule has 2 aromatic rings. The molecule has 0 heterocycles. The topological polar surface area (TPSA) is 44.8 Å². The second kappa shape index (κ2) is 6.61. The predicted molar refractivity (Wildman–Crippen MR) is 75.0 cm³/mol. The number of hydrogen-bond donors (Lipinski definition) is 0. The minimum absolute atomic E-state index is 0.440. The number of carbonyl (C=O) groups is 1. The highest BCUT2D eigenvalue weighted by atomic mass is 16.5. The Labute approximate surface area is 117 Å². The lowest BCUT2D eigenvalue weighted by molar-refractivity contribution is -0.132. The average Bonchev–Trinajstić information content (AvgIpc) is 2.53. The molecule has 0 aromatic heterocycles. The maximum absolute atomic E-state index is 10.7. The number of hydrogen-bond acceptors (Lipinski definition) is 4. The number of benzene rings is 2. The van der Waals surface area contributed by atoms with Gasteiger partial charge in [0.15, 0.2) is 6.10 Å². The van der Waals surface area contributed by atoms with Gasteiger partial charge in [-0.25, -0.2) is 0 Å². The minimum Gasteiger partial charge on any atom is -0.497 e. The average molecular weight is 272 g/mol. The molecule has 0 fully saturated rings. The lowest BCUT2D eigenvalue weighted by atomic mass is 10.0. The highest BCUT2D eigenvalue weighted by molar-refractivity contribution is 5.43. The van der Waals surface area contributed by atoms with Crippen LogP contribution in [-0.2, 0) is 9.53 Å². The largest absolute Gasteiger partial charge is 0.497 e. The van der Waals surface area contributed by atoms with Gasteiger partial charge in [-0.2, -0.15) is 0 Å². The van der Waals surface area contributed by atoms with Crippen LogP contribution in [0, 0.1) is 0 Å². The van der Waals surface area contributed by atoms with Crippen LogP contribution in [0.25, 0.3) is 0 Å². The van der Waals surface area contributed by atoms with E-state index in [-0.39, 0.29) is 0 Å². The number of carbonyl (C=O) groups excluding carboxylic acids is 1. The molecule has 2 aromatic carbocycles. The van der Waals surface area contributed by atoms with E-state index in [4.69, 9.17) is 14.2 Å². The second-order valence-electron chi connectivity index (χ2n) is 4.16. The third-order valence-corrected chi connectivity index (χ3v) is 3.03. The Morgan fingerprint density at radius 3 is 1.50 bits per heavy atom. The molecular weight excluding hydrogens is 256 g/mol. The molecule has 0 saturated carbocycles. The van der Waals surface area contributed by atoms with Crippen LogP contribution in [0.5, 0.6) is 11.5 Å². The molecule has 4 heteroatoms. The quantitative estimate of drug-likeness (QED) is 0.758. The smallest absolute Gasteiger partial charge is 0.294 e. The number of rotatable bonds is 6. The third kappa shape index (κ3) is 3.09. The van der Waals surface area contributed by atoms with Gasteiger partial charge >= 0.3 is 0 Å². The van der Waals surface area contributed by atoms with E-state index in [0.717, 1.165) is 22.6 Å². The van der Waals surface area contributed by atoms with Crippen molar-refractivity contribution in [3.05, 3.63) is 59.7 Å². The predicted octanol–water partition coefficient (Wildman–Crippen LogP) is 2.97. The van der Waals surface area contributed by atoms with Crippen LogP contribution in [0.15, 0.2) is 48.5 Å². The standard InChI is InChI=1S/C16H16O4/c1-18-14-7-3-12(4-8-14)16(20-11-17)13-5-9-15(19-2)10-6-13/h3-11,16H,1-2H3. The van der Waals surface area contributed by atoms with E-state index in [1.165, 1.54) is 0 Å². The van der Waals surface area contributed by atoms with E-state index in [1.807, 2.05) is 48.5 Å². The normalized spacial score (nSPS) is 10.2. The van der Waals surface area contributed by atoms with Crippen molar-refractivity contribution in [3.8, 4) is 11.5 Å². The van der Waals surface area contributed by atoms with Crippen molar-refractivity contribution < 1.29 is 19.0 Å². The van der Waals surface area contributed by atoms with Crippen LogP contribution in [0.3, 0.4) is 0 Å². The van der Waals surface area contributed by atoms with E-state index in [1.54, 1.807) is 14.2 Å². The molecule has 0 radical (unpaired) electrons. The lowest BCUT2D eigenvalue weighted by Crippen LogP contribution is -2.05. The Bertz CT molecular complexity index is 498. The van der Waals surface area contributed by atoms with Crippen LogP contribution in [0.2, 0.25) is 0 Å². The summed E-state index contributed by atoms with van der Waals surface area (Å²) < 4.78 is 15.4. The summed E-state index contributed by atoms with van der Waals surface area (Å²) in [6.07, 6.45) is -0.440. The Balaban J connectivity index is 2.30. The van der Waals surface area contributed by atoms with Crippen molar-refractivity contribution in [2.75, 3.05) is 14.2 Å². The summed E-state index contributed by atoms with van der Waals surface area (Å²) >= 11 is 0. The van der Waals surface area contributed by atoms with Gasteiger partial charge in [0.2, 0.25) is 0 Å². The zero-order chi connectivity index (χ0) is 14.4. The van der Waals surface area contributed by atoms with E-state index in [2.05, 4.69) is 0 Å². The molecule has 0 unspecified atom stereocenters. The Morgan fingerprint density at radius 2 is 1.20 bits per heavy atom. The maximum Gasteiger partial charge on any atom is 0.294 e. The Kier molecular flexibility index (Phi) is 4.60. The summed E-state index contributed by atoms with van der Waals surface area (Å²) in [4.78, 5) is 10.7. The summed E-state index contributed by atoms with van der Waals surface area (Å²) in [5, 5.41) is 0. The van der Waals surface area contributed by atoms with Gasteiger partial charge in [0.1, 0.15) is 11.5 Å². The second-order valence-corrected chi connectivity index (χ2v) is 4.16.